The maximum Gasteiger partial charge on any atom is 0.182 e. The van der Waals surface area contributed by atoms with Gasteiger partial charge in [-0.2, -0.15) is 0 Å². The number of benzene rings is 1. The Labute approximate surface area is 79.9 Å². The first-order valence-electron chi connectivity index (χ1n) is 3.92. The summed E-state index contributed by atoms with van der Waals surface area (Å²) in [6.07, 6.45) is 5.02. The summed E-state index contributed by atoms with van der Waals surface area (Å²) in [6, 6.07) is 0.832. The molecule has 4 heteroatoms. The highest BCUT2D eigenvalue weighted by Crippen LogP contribution is 2.19. The third-order valence-electron chi connectivity index (χ3n) is 1.61. The average Bonchev–Trinajstić information content (AvgIpc) is 2.13. The zero-order valence-electron chi connectivity index (χ0n) is 7.44. The maximum absolute atomic E-state index is 13.0. The summed E-state index contributed by atoms with van der Waals surface area (Å²) >= 11 is 0. The SMILES string of the molecule is C#CC(C)Nc1cc(F)cc(F)c1F. The Balaban J connectivity index is 3.03. The van der Waals surface area contributed by atoms with Gasteiger partial charge in [-0.15, -0.1) is 6.42 Å². The predicted molar refractivity (Wildman–Crippen MR) is 48.2 cm³/mol. The van der Waals surface area contributed by atoms with Crippen molar-refractivity contribution in [2.45, 2.75) is 13.0 Å². The number of halogens is 3. The molecule has 1 unspecified atom stereocenters. The predicted octanol–water partition coefficient (Wildman–Crippen LogP) is 2.54. The summed E-state index contributed by atoms with van der Waals surface area (Å²) in [6.45, 7) is 1.57. The highest BCUT2D eigenvalue weighted by molar-refractivity contribution is 5.47. The van der Waals surface area contributed by atoms with Gasteiger partial charge in [-0.25, -0.2) is 13.2 Å². The van der Waals surface area contributed by atoms with Crippen LogP contribution in [0.2, 0.25) is 0 Å². The Morgan fingerprint density at radius 3 is 2.57 bits per heavy atom. The molecule has 0 aliphatic heterocycles. The summed E-state index contributed by atoms with van der Waals surface area (Å²) in [5, 5.41) is 2.45. The summed E-state index contributed by atoms with van der Waals surface area (Å²) in [4.78, 5) is 0. The average molecular weight is 199 g/mol. The molecule has 0 bridgehead atoms. The van der Waals surface area contributed by atoms with E-state index < -0.39 is 23.5 Å². The van der Waals surface area contributed by atoms with Crippen LogP contribution in [-0.4, -0.2) is 6.04 Å². The molecule has 1 aromatic rings. The van der Waals surface area contributed by atoms with Gasteiger partial charge in [-0.05, 0) is 6.92 Å². The Hall–Kier alpha value is -1.63. The van der Waals surface area contributed by atoms with Gasteiger partial charge in [0.15, 0.2) is 11.6 Å². The zero-order chi connectivity index (χ0) is 10.7. The van der Waals surface area contributed by atoms with Crippen LogP contribution in [-0.2, 0) is 0 Å². The van der Waals surface area contributed by atoms with Crippen molar-refractivity contribution in [3.8, 4) is 12.3 Å². The van der Waals surface area contributed by atoms with Crippen LogP contribution in [0, 0.1) is 29.8 Å². The Morgan fingerprint density at radius 2 is 2.00 bits per heavy atom. The molecule has 1 aromatic carbocycles. The second-order valence-electron chi connectivity index (χ2n) is 2.78. The van der Waals surface area contributed by atoms with E-state index >= 15 is 0 Å². The van der Waals surface area contributed by atoms with Gasteiger partial charge in [0.2, 0.25) is 0 Å². The molecule has 1 nitrogen and oxygen atoms in total. The molecule has 0 aromatic heterocycles. The normalized spacial score (nSPS) is 11.9. The summed E-state index contributed by atoms with van der Waals surface area (Å²) in [5.74, 6) is -0.965. The molecule has 0 saturated carbocycles. The van der Waals surface area contributed by atoms with E-state index in [1.165, 1.54) is 0 Å². The quantitative estimate of drug-likeness (QED) is 0.570. The van der Waals surface area contributed by atoms with E-state index in [1.807, 2.05) is 0 Å². The van der Waals surface area contributed by atoms with Crippen LogP contribution in [0.25, 0.3) is 0 Å². The highest BCUT2D eigenvalue weighted by atomic mass is 19.2. The van der Waals surface area contributed by atoms with Crippen LogP contribution in [0.5, 0.6) is 0 Å². The van der Waals surface area contributed by atoms with E-state index in [0.717, 1.165) is 6.07 Å². The second kappa shape index (κ2) is 4.05. The number of rotatable bonds is 2. The Morgan fingerprint density at radius 1 is 1.36 bits per heavy atom. The lowest BCUT2D eigenvalue weighted by Crippen LogP contribution is -2.14. The number of anilines is 1. The van der Waals surface area contributed by atoms with E-state index in [2.05, 4.69) is 11.2 Å². The molecule has 0 heterocycles. The molecule has 74 valence electrons. The molecule has 1 N–H and O–H groups in total. The van der Waals surface area contributed by atoms with Crippen LogP contribution >= 0.6 is 0 Å². The Bertz CT molecular complexity index is 382. The smallest absolute Gasteiger partial charge is 0.182 e. The van der Waals surface area contributed by atoms with E-state index in [9.17, 15) is 13.2 Å². The van der Waals surface area contributed by atoms with Crippen molar-refractivity contribution in [1.82, 2.24) is 0 Å². The second-order valence-corrected chi connectivity index (χ2v) is 2.78. The van der Waals surface area contributed by atoms with Crippen LogP contribution in [0.3, 0.4) is 0 Å². The molecule has 0 fully saturated rings. The monoisotopic (exact) mass is 199 g/mol. The lowest BCUT2D eigenvalue weighted by Gasteiger charge is -2.10. The van der Waals surface area contributed by atoms with Gasteiger partial charge < -0.3 is 5.32 Å². The fraction of sp³-hybridized carbons (Fsp3) is 0.200. The first-order valence-corrected chi connectivity index (χ1v) is 3.92. The lowest BCUT2D eigenvalue weighted by molar-refractivity contribution is 0.497. The molecule has 1 atom stereocenters. The van der Waals surface area contributed by atoms with Gasteiger partial charge in [-0.1, -0.05) is 5.92 Å². The van der Waals surface area contributed by atoms with E-state index in [4.69, 9.17) is 6.42 Å². The fourth-order valence-corrected chi connectivity index (χ4v) is 0.936. The topological polar surface area (TPSA) is 12.0 Å². The van der Waals surface area contributed by atoms with E-state index in [0.29, 0.717) is 6.07 Å². The minimum absolute atomic E-state index is 0.270. The molecule has 0 saturated heterocycles. The molecule has 14 heavy (non-hydrogen) atoms. The summed E-state index contributed by atoms with van der Waals surface area (Å²) in [5.41, 5.74) is -0.270. The van der Waals surface area contributed by atoms with Crippen LogP contribution < -0.4 is 5.32 Å². The van der Waals surface area contributed by atoms with E-state index in [1.54, 1.807) is 6.92 Å². The van der Waals surface area contributed by atoms with Crippen molar-refractivity contribution in [3.05, 3.63) is 29.6 Å². The fourth-order valence-electron chi connectivity index (χ4n) is 0.936. The third-order valence-corrected chi connectivity index (χ3v) is 1.61. The number of hydrogen-bond acceptors (Lipinski definition) is 1. The van der Waals surface area contributed by atoms with Gasteiger partial charge >= 0.3 is 0 Å². The molecule has 0 aliphatic carbocycles. The van der Waals surface area contributed by atoms with Crippen molar-refractivity contribution in [2.24, 2.45) is 0 Å². The third kappa shape index (κ3) is 2.19. The molecule has 0 aliphatic rings. The molecule has 1 rings (SSSR count). The number of hydrogen-bond donors (Lipinski definition) is 1. The van der Waals surface area contributed by atoms with Gasteiger partial charge in [0.05, 0.1) is 11.7 Å². The lowest BCUT2D eigenvalue weighted by atomic mass is 10.2. The molecule has 0 spiro atoms. The standard InChI is InChI=1S/C10H8F3N/c1-3-6(2)14-9-5-7(11)4-8(12)10(9)13/h1,4-6,14H,2H3. The van der Waals surface area contributed by atoms with Crippen molar-refractivity contribution < 1.29 is 13.2 Å². The van der Waals surface area contributed by atoms with Gasteiger partial charge in [-0.3, -0.25) is 0 Å². The maximum atomic E-state index is 13.0. The zero-order valence-corrected chi connectivity index (χ0v) is 7.44. The Kier molecular flexibility index (Phi) is 3.03. The molecule has 0 amide bonds. The molecular weight excluding hydrogens is 191 g/mol. The minimum atomic E-state index is -1.24. The van der Waals surface area contributed by atoms with Crippen molar-refractivity contribution in [1.29, 1.82) is 0 Å². The molecule has 0 radical (unpaired) electrons. The van der Waals surface area contributed by atoms with Gasteiger partial charge in [0.1, 0.15) is 5.82 Å². The highest BCUT2D eigenvalue weighted by Gasteiger charge is 2.11. The van der Waals surface area contributed by atoms with Crippen molar-refractivity contribution in [3.63, 3.8) is 0 Å². The van der Waals surface area contributed by atoms with Crippen molar-refractivity contribution in [2.75, 3.05) is 5.32 Å². The number of nitrogens with one attached hydrogen (secondary N) is 1. The summed E-state index contributed by atoms with van der Waals surface area (Å²) in [7, 11) is 0. The van der Waals surface area contributed by atoms with Crippen LogP contribution in [0.4, 0.5) is 18.9 Å². The van der Waals surface area contributed by atoms with Gasteiger partial charge in [0.25, 0.3) is 0 Å². The van der Waals surface area contributed by atoms with E-state index in [-0.39, 0.29) is 5.69 Å². The van der Waals surface area contributed by atoms with Crippen LogP contribution in [0.1, 0.15) is 6.92 Å². The van der Waals surface area contributed by atoms with Crippen LogP contribution in [0.15, 0.2) is 12.1 Å². The molecular formula is C10H8F3N. The minimum Gasteiger partial charge on any atom is -0.369 e. The largest absolute Gasteiger partial charge is 0.369 e. The number of terminal acetylenes is 1. The summed E-state index contributed by atoms with van der Waals surface area (Å²) < 4.78 is 38.4. The first-order chi connectivity index (χ1) is 6.54. The van der Waals surface area contributed by atoms with Gasteiger partial charge in [0, 0.05) is 12.1 Å². The first kappa shape index (κ1) is 10.5. The van der Waals surface area contributed by atoms with Crippen molar-refractivity contribution >= 4 is 5.69 Å².